The molecular formula is C21H28NOSeSi-. The molecule has 1 aliphatic carbocycles. The molecule has 0 bridgehead atoms. The molecule has 1 saturated heterocycles. The number of ether oxygens (including phenoxy) is 1. The molecule has 1 fully saturated rings. The van der Waals surface area contributed by atoms with Crippen molar-refractivity contribution in [1.82, 2.24) is 0 Å². The molecule has 1 aliphatic heterocycles. The van der Waals surface area contributed by atoms with Gasteiger partial charge in [0.1, 0.15) is 0 Å². The van der Waals surface area contributed by atoms with E-state index in [1.807, 2.05) is 0 Å². The van der Waals surface area contributed by atoms with Gasteiger partial charge in [-0.3, -0.25) is 0 Å². The first-order valence-corrected chi connectivity index (χ1v) is 14.1. The SMILES string of the molecule is CC(C)(C)[C@H]1CO/C(=C2\C([Se]c3ccccc3)=CC=C2[Si](C)(C)C)[N-]1. The van der Waals surface area contributed by atoms with Gasteiger partial charge in [0.25, 0.3) is 0 Å². The van der Waals surface area contributed by atoms with Crippen LogP contribution in [0, 0.1) is 5.41 Å². The first-order valence-electron chi connectivity index (χ1n) is 8.90. The summed E-state index contributed by atoms with van der Waals surface area (Å²) >= 11 is 0.278. The summed E-state index contributed by atoms with van der Waals surface area (Å²) in [4.78, 5) is 0. The van der Waals surface area contributed by atoms with Gasteiger partial charge in [-0.25, -0.2) is 0 Å². The summed E-state index contributed by atoms with van der Waals surface area (Å²) < 4.78 is 8.94. The fourth-order valence-electron chi connectivity index (χ4n) is 2.96. The van der Waals surface area contributed by atoms with Crippen molar-refractivity contribution in [2.75, 3.05) is 6.61 Å². The third-order valence-corrected chi connectivity index (χ3v) is 8.83. The van der Waals surface area contributed by atoms with Crippen LogP contribution in [-0.4, -0.2) is 35.7 Å². The Labute approximate surface area is 159 Å². The van der Waals surface area contributed by atoms with E-state index in [9.17, 15) is 0 Å². The van der Waals surface area contributed by atoms with Crippen molar-refractivity contribution in [3.63, 3.8) is 0 Å². The summed E-state index contributed by atoms with van der Waals surface area (Å²) in [5, 5.41) is 6.49. The van der Waals surface area contributed by atoms with Crippen molar-refractivity contribution in [1.29, 1.82) is 0 Å². The fraction of sp³-hybridized carbons (Fsp3) is 0.429. The van der Waals surface area contributed by atoms with E-state index in [1.165, 1.54) is 19.7 Å². The standard InChI is InChI=1S/C21H28NOSeSi/c1-21(2,3)18-14-23-20(22-18)19-16(12-13-17(19)25(4,5)6)24-15-10-8-7-9-11-15/h7-13,18H,14H2,1-6H3/q-1/b20-19+/t18-/m1/s1. The molecule has 2 nitrogen and oxygen atoms in total. The minimum absolute atomic E-state index is 0.137. The van der Waals surface area contributed by atoms with Crippen LogP contribution in [0.5, 0.6) is 0 Å². The van der Waals surface area contributed by atoms with E-state index in [0.29, 0.717) is 6.61 Å². The van der Waals surface area contributed by atoms with Crippen LogP contribution in [0.1, 0.15) is 20.8 Å². The Morgan fingerprint density at radius 1 is 1.08 bits per heavy atom. The minimum atomic E-state index is -1.46. The van der Waals surface area contributed by atoms with Gasteiger partial charge >= 0.3 is 160 Å². The van der Waals surface area contributed by atoms with Gasteiger partial charge in [0, 0.05) is 0 Å². The number of rotatable bonds is 3. The molecule has 0 aromatic heterocycles. The van der Waals surface area contributed by atoms with E-state index < -0.39 is 8.07 Å². The van der Waals surface area contributed by atoms with Crippen molar-refractivity contribution in [2.45, 2.75) is 46.5 Å². The molecule has 0 N–H and O–H groups in total. The number of hydrogen-bond acceptors (Lipinski definition) is 1. The molecule has 0 radical (unpaired) electrons. The van der Waals surface area contributed by atoms with E-state index >= 15 is 0 Å². The van der Waals surface area contributed by atoms with Gasteiger partial charge in [-0.15, -0.1) is 0 Å². The zero-order valence-corrected chi connectivity index (χ0v) is 18.8. The second-order valence-corrected chi connectivity index (χ2v) is 16.2. The van der Waals surface area contributed by atoms with E-state index in [-0.39, 0.29) is 26.4 Å². The van der Waals surface area contributed by atoms with Gasteiger partial charge in [-0.05, 0) is 0 Å². The van der Waals surface area contributed by atoms with Crippen molar-refractivity contribution in [3.8, 4) is 0 Å². The van der Waals surface area contributed by atoms with Crippen molar-refractivity contribution in [2.24, 2.45) is 5.41 Å². The van der Waals surface area contributed by atoms with E-state index in [1.54, 1.807) is 0 Å². The zero-order chi connectivity index (χ0) is 18.2. The normalized spacial score (nSPS) is 23.8. The molecule has 4 heteroatoms. The Bertz CT molecular complexity index is 735. The van der Waals surface area contributed by atoms with Crippen molar-refractivity contribution < 1.29 is 4.74 Å². The van der Waals surface area contributed by atoms with Gasteiger partial charge in [-0.1, -0.05) is 0 Å². The van der Waals surface area contributed by atoms with Crippen LogP contribution in [0.25, 0.3) is 5.32 Å². The Morgan fingerprint density at radius 2 is 1.76 bits per heavy atom. The predicted molar refractivity (Wildman–Crippen MR) is 111 cm³/mol. The van der Waals surface area contributed by atoms with Gasteiger partial charge < -0.3 is 0 Å². The monoisotopic (exact) mass is 418 g/mol. The van der Waals surface area contributed by atoms with Crippen LogP contribution in [0.3, 0.4) is 0 Å². The quantitative estimate of drug-likeness (QED) is 0.651. The summed E-state index contributed by atoms with van der Waals surface area (Å²) in [7, 11) is -1.46. The summed E-state index contributed by atoms with van der Waals surface area (Å²) in [5.74, 6) is 0.884. The molecule has 1 aromatic rings. The number of nitrogens with zero attached hydrogens (tertiary/aromatic N) is 1. The molecule has 0 spiro atoms. The first kappa shape index (κ1) is 18.6. The van der Waals surface area contributed by atoms with E-state index in [0.717, 1.165) is 5.88 Å². The van der Waals surface area contributed by atoms with Crippen molar-refractivity contribution in [3.05, 3.63) is 68.9 Å². The summed E-state index contributed by atoms with van der Waals surface area (Å²) in [6.45, 7) is 14.6. The summed E-state index contributed by atoms with van der Waals surface area (Å²) in [5.41, 5.74) is 1.44. The third kappa shape index (κ3) is 4.13. The summed E-state index contributed by atoms with van der Waals surface area (Å²) in [6.07, 6.45) is 4.64. The van der Waals surface area contributed by atoms with Crippen LogP contribution in [0.15, 0.2) is 63.6 Å². The van der Waals surface area contributed by atoms with Gasteiger partial charge in [0.2, 0.25) is 0 Å². The van der Waals surface area contributed by atoms with Crippen LogP contribution in [0.2, 0.25) is 19.6 Å². The molecule has 1 aromatic carbocycles. The zero-order valence-electron chi connectivity index (χ0n) is 16.1. The van der Waals surface area contributed by atoms with Gasteiger partial charge in [0.15, 0.2) is 0 Å². The second-order valence-electron chi connectivity index (χ2n) is 8.78. The first-order chi connectivity index (χ1) is 11.7. The molecule has 0 saturated carbocycles. The van der Waals surface area contributed by atoms with E-state index in [2.05, 4.69) is 82.9 Å². The average molecular weight is 418 g/mol. The number of allylic oxidation sites excluding steroid dienone is 5. The van der Waals surface area contributed by atoms with Crippen LogP contribution in [-0.2, 0) is 4.74 Å². The maximum atomic E-state index is 6.13. The van der Waals surface area contributed by atoms with E-state index in [4.69, 9.17) is 10.1 Å². The molecule has 1 heterocycles. The van der Waals surface area contributed by atoms with Crippen LogP contribution < -0.4 is 4.46 Å². The Balaban J connectivity index is 1.94. The molecule has 2 aliphatic rings. The molecule has 3 rings (SSSR count). The van der Waals surface area contributed by atoms with Crippen molar-refractivity contribution >= 4 is 27.5 Å². The predicted octanol–water partition coefficient (Wildman–Crippen LogP) is 4.75. The Hall–Kier alpha value is -1.22. The topological polar surface area (TPSA) is 23.3 Å². The molecule has 0 amide bonds. The molecule has 25 heavy (non-hydrogen) atoms. The second kappa shape index (κ2) is 6.83. The third-order valence-electron chi connectivity index (χ3n) is 4.56. The number of hydrogen-bond donors (Lipinski definition) is 0. The molecule has 1 atom stereocenters. The maximum absolute atomic E-state index is 6.13. The number of benzene rings is 1. The van der Waals surface area contributed by atoms with Gasteiger partial charge in [0.05, 0.1) is 0 Å². The van der Waals surface area contributed by atoms with Crippen LogP contribution in [0.4, 0.5) is 0 Å². The Morgan fingerprint density at radius 3 is 2.32 bits per heavy atom. The molecule has 134 valence electrons. The molecule has 0 unspecified atom stereocenters. The summed E-state index contributed by atoms with van der Waals surface area (Å²) in [6, 6.07) is 11.0. The average Bonchev–Trinajstić information content (AvgIpc) is 3.13. The van der Waals surface area contributed by atoms with Gasteiger partial charge in [-0.2, -0.15) is 0 Å². The Kier molecular flexibility index (Phi) is 5.07. The molecular weight excluding hydrogens is 389 g/mol. The fourth-order valence-corrected chi connectivity index (χ4v) is 6.80. The van der Waals surface area contributed by atoms with Crippen LogP contribution >= 0.6 is 0 Å².